The topological polar surface area (TPSA) is 91.2 Å². The van der Waals surface area contributed by atoms with E-state index in [2.05, 4.69) is 20.7 Å². The number of amides is 1. The normalized spacial score (nSPS) is 11.8. The van der Waals surface area contributed by atoms with Crippen molar-refractivity contribution >= 4 is 6.09 Å². The number of hydrogen-bond donors (Lipinski definition) is 1. The highest BCUT2D eigenvalue weighted by atomic mass is 19.1. The fourth-order valence-electron chi connectivity index (χ4n) is 2.50. The van der Waals surface area contributed by atoms with E-state index >= 15 is 0 Å². The van der Waals surface area contributed by atoms with Crippen molar-refractivity contribution in [2.45, 2.75) is 26.4 Å². The lowest BCUT2D eigenvalue weighted by atomic mass is 10.2. The molecule has 0 aliphatic rings. The summed E-state index contributed by atoms with van der Waals surface area (Å²) in [5.41, 5.74) is 1.22. The number of aromatic nitrogens is 4. The summed E-state index contributed by atoms with van der Waals surface area (Å²) < 4.78 is 23.8. The lowest BCUT2D eigenvalue weighted by molar-refractivity contribution is 0.0531. The summed E-state index contributed by atoms with van der Waals surface area (Å²) in [7, 11) is 0. The van der Waals surface area contributed by atoms with Crippen LogP contribution in [0.3, 0.4) is 0 Å². The summed E-state index contributed by atoms with van der Waals surface area (Å²) in [4.78, 5) is 13.1. The molecule has 0 fully saturated rings. The van der Waals surface area contributed by atoms with Crippen molar-refractivity contribution < 1.29 is 18.7 Å². The molecular weight excluding hydrogens is 401 g/mol. The summed E-state index contributed by atoms with van der Waals surface area (Å²) in [6, 6.07) is 16.5. The number of ether oxygens (including phenoxy) is 2. The van der Waals surface area contributed by atoms with Gasteiger partial charge in [-0.05, 0) is 62.4 Å². The zero-order valence-corrected chi connectivity index (χ0v) is 17.6. The van der Waals surface area contributed by atoms with Gasteiger partial charge < -0.3 is 14.8 Å². The fourth-order valence-corrected chi connectivity index (χ4v) is 2.50. The van der Waals surface area contributed by atoms with E-state index in [1.807, 2.05) is 30.3 Å². The van der Waals surface area contributed by atoms with Crippen LogP contribution in [0, 0.1) is 0 Å². The molecule has 0 atom stereocenters. The van der Waals surface area contributed by atoms with Crippen LogP contribution in [0.25, 0.3) is 17.1 Å². The fraction of sp³-hybridized carbons (Fsp3) is 0.273. The van der Waals surface area contributed by atoms with E-state index in [1.54, 1.807) is 45.0 Å². The van der Waals surface area contributed by atoms with Crippen molar-refractivity contribution in [3.8, 4) is 22.8 Å². The lowest BCUT2D eigenvalue weighted by Crippen LogP contribution is -2.34. The first kappa shape index (κ1) is 21.9. The maximum absolute atomic E-state index is 13.1. The number of rotatable bonds is 7. The molecule has 0 aliphatic carbocycles. The van der Waals surface area contributed by atoms with Gasteiger partial charge in [-0.1, -0.05) is 18.2 Å². The van der Waals surface area contributed by atoms with Crippen LogP contribution in [0.4, 0.5) is 9.18 Å². The summed E-state index contributed by atoms with van der Waals surface area (Å²) in [5.74, 6) is 1.01. The predicted octanol–water partition coefficient (Wildman–Crippen LogP) is 4.09. The summed E-state index contributed by atoms with van der Waals surface area (Å²) in [6.45, 7) is 5.22. The minimum atomic E-state index is -0.622. The molecule has 0 unspecified atom stereocenters. The predicted molar refractivity (Wildman–Crippen MR) is 114 cm³/mol. The second-order valence-corrected chi connectivity index (χ2v) is 7.67. The molecular formula is C22H24FN5O3. The van der Waals surface area contributed by atoms with E-state index < -0.39 is 11.7 Å². The Morgan fingerprint density at radius 2 is 1.84 bits per heavy atom. The molecule has 0 bridgehead atoms. The Balaban J connectivity index is 1.53. The first-order valence-corrected chi connectivity index (χ1v) is 9.68. The molecule has 0 spiro atoms. The monoisotopic (exact) mass is 425 g/mol. The van der Waals surface area contributed by atoms with Crippen LogP contribution in [0.1, 0.15) is 20.8 Å². The summed E-state index contributed by atoms with van der Waals surface area (Å²) >= 11 is 0. The molecule has 0 saturated heterocycles. The molecule has 9 heteroatoms. The number of tetrazole rings is 1. The van der Waals surface area contributed by atoms with Crippen LogP contribution in [-0.2, 0) is 4.74 Å². The Morgan fingerprint density at radius 3 is 2.48 bits per heavy atom. The Kier molecular flexibility index (Phi) is 6.96. The number of halogens is 1. The molecule has 1 heterocycles. The molecule has 1 amide bonds. The van der Waals surface area contributed by atoms with E-state index in [9.17, 15) is 9.18 Å². The van der Waals surface area contributed by atoms with Crippen molar-refractivity contribution in [2.75, 3.05) is 13.2 Å². The van der Waals surface area contributed by atoms with Gasteiger partial charge in [0.05, 0.1) is 12.0 Å². The number of carbonyl (C=O) groups is 1. The van der Waals surface area contributed by atoms with Gasteiger partial charge in [-0.3, -0.25) is 0 Å². The third-order valence-corrected chi connectivity index (χ3v) is 3.95. The van der Waals surface area contributed by atoms with Crippen molar-refractivity contribution in [1.82, 2.24) is 25.5 Å². The highest BCUT2D eigenvalue weighted by Gasteiger charge is 2.16. The third-order valence-electron chi connectivity index (χ3n) is 3.95. The molecule has 31 heavy (non-hydrogen) atoms. The minimum absolute atomic E-state index is 0.0178. The maximum Gasteiger partial charge on any atom is 0.407 e. The van der Waals surface area contributed by atoms with Gasteiger partial charge in [0, 0.05) is 17.7 Å². The zero-order valence-electron chi connectivity index (χ0n) is 17.6. The number of alkyl carbamates (subject to hydrolysis) is 1. The number of benzene rings is 2. The van der Waals surface area contributed by atoms with Crippen LogP contribution in [0.15, 0.2) is 66.5 Å². The third kappa shape index (κ3) is 6.63. The molecule has 0 aliphatic heterocycles. The zero-order chi connectivity index (χ0) is 22.3. The van der Waals surface area contributed by atoms with Crippen LogP contribution < -0.4 is 10.1 Å². The summed E-state index contributed by atoms with van der Waals surface area (Å²) in [6.07, 6.45) is -0.204. The highest BCUT2D eigenvalue weighted by Crippen LogP contribution is 2.20. The van der Waals surface area contributed by atoms with Crippen molar-refractivity contribution in [1.29, 1.82) is 0 Å². The Hall–Kier alpha value is -3.75. The Labute approximate surface area is 179 Å². The second kappa shape index (κ2) is 9.84. The van der Waals surface area contributed by atoms with Crippen molar-refractivity contribution in [2.24, 2.45) is 0 Å². The average molecular weight is 425 g/mol. The van der Waals surface area contributed by atoms with Gasteiger partial charge in [-0.25, -0.2) is 9.18 Å². The van der Waals surface area contributed by atoms with Gasteiger partial charge in [0.15, 0.2) is 0 Å². The number of hydrogen-bond acceptors (Lipinski definition) is 6. The first-order valence-electron chi connectivity index (χ1n) is 9.68. The Morgan fingerprint density at radius 1 is 1.13 bits per heavy atom. The number of nitrogens with zero attached hydrogens (tertiary/aromatic N) is 4. The highest BCUT2D eigenvalue weighted by molar-refractivity contribution is 5.68. The lowest BCUT2D eigenvalue weighted by Gasteiger charge is -2.20. The SMILES string of the molecule is CC(C)(C)OC(=O)NC/C(=C\F)COc1ccc(-c2nnn(-c3ccccc3)n2)cc1. The molecule has 3 rings (SSSR count). The smallest absolute Gasteiger partial charge is 0.407 e. The largest absolute Gasteiger partial charge is 0.489 e. The Bertz CT molecular complexity index is 1030. The molecule has 3 aromatic rings. The van der Waals surface area contributed by atoms with E-state index in [0.717, 1.165) is 11.3 Å². The van der Waals surface area contributed by atoms with E-state index in [-0.39, 0.29) is 18.7 Å². The average Bonchev–Trinajstić information content (AvgIpc) is 3.24. The standard InChI is InChI=1S/C22H24FN5O3/c1-22(2,3)31-21(29)24-14-16(13-23)15-30-19-11-9-17(10-12-19)20-25-27-28(26-20)18-7-5-4-6-8-18/h4-13H,14-15H2,1-3H3,(H,24,29)/b16-13+. The van der Waals surface area contributed by atoms with Crippen LogP contribution in [0.5, 0.6) is 5.75 Å². The van der Waals surface area contributed by atoms with Crippen LogP contribution >= 0.6 is 0 Å². The molecule has 1 aromatic heterocycles. The van der Waals surface area contributed by atoms with Crippen LogP contribution in [-0.4, -0.2) is 45.1 Å². The molecule has 0 saturated carbocycles. The van der Waals surface area contributed by atoms with Crippen molar-refractivity contribution in [3.63, 3.8) is 0 Å². The van der Waals surface area contributed by atoms with E-state index in [4.69, 9.17) is 9.47 Å². The van der Waals surface area contributed by atoms with E-state index in [1.165, 1.54) is 4.80 Å². The molecule has 162 valence electrons. The van der Waals surface area contributed by atoms with Gasteiger partial charge in [0.25, 0.3) is 0 Å². The quantitative estimate of drug-likeness (QED) is 0.613. The molecule has 0 radical (unpaired) electrons. The number of nitrogens with one attached hydrogen (secondary N) is 1. The van der Waals surface area contributed by atoms with Crippen LogP contribution in [0.2, 0.25) is 0 Å². The van der Waals surface area contributed by atoms with Crippen molar-refractivity contribution in [3.05, 3.63) is 66.5 Å². The second-order valence-electron chi connectivity index (χ2n) is 7.67. The molecule has 1 N–H and O–H groups in total. The van der Waals surface area contributed by atoms with E-state index in [0.29, 0.717) is 17.9 Å². The van der Waals surface area contributed by atoms with Gasteiger partial charge in [0.2, 0.25) is 5.82 Å². The van der Waals surface area contributed by atoms with Gasteiger partial charge >= 0.3 is 6.09 Å². The first-order chi connectivity index (χ1) is 14.8. The maximum atomic E-state index is 13.1. The summed E-state index contributed by atoms with van der Waals surface area (Å²) in [5, 5.41) is 15.0. The van der Waals surface area contributed by atoms with Gasteiger partial charge in [0.1, 0.15) is 18.0 Å². The molecule has 8 nitrogen and oxygen atoms in total. The molecule has 2 aromatic carbocycles. The number of carbonyl (C=O) groups excluding carboxylic acids is 1. The number of para-hydroxylation sites is 1. The van der Waals surface area contributed by atoms with Gasteiger partial charge in [-0.15, -0.1) is 15.0 Å². The minimum Gasteiger partial charge on any atom is -0.489 e. The van der Waals surface area contributed by atoms with Gasteiger partial charge in [-0.2, -0.15) is 0 Å².